The Labute approximate surface area is 216 Å². The van der Waals surface area contributed by atoms with E-state index >= 15 is 0 Å². The first-order chi connectivity index (χ1) is 17.3. The van der Waals surface area contributed by atoms with E-state index in [1.807, 2.05) is 0 Å². The van der Waals surface area contributed by atoms with Crippen molar-refractivity contribution < 1.29 is 19.2 Å². The van der Waals surface area contributed by atoms with E-state index in [0.717, 1.165) is 20.5 Å². The number of nitro groups is 1. The number of anilines is 1. The van der Waals surface area contributed by atoms with Crippen molar-refractivity contribution in [2.75, 3.05) is 11.9 Å². The standard InChI is InChI=1S/C24H17BrN4O6S/c1-2-35-24(32)21-18-13-36-22(20(18)23(31)28(27-21)16-10-6-15(25)7-11-16)26-19(30)12-5-14-3-8-17(9-4-14)29(33)34/h3-13H,2H2,1H3,(H,26,30)/b12-5+. The fourth-order valence-electron chi connectivity index (χ4n) is 3.28. The van der Waals surface area contributed by atoms with Gasteiger partial charge in [0, 0.05) is 33.4 Å². The molecule has 1 N–H and O–H groups in total. The zero-order valence-electron chi connectivity index (χ0n) is 18.6. The second-order valence-electron chi connectivity index (χ2n) is 7.29. The number of ether oxygens (including phenoxy) is 1. The number of fused-ring (bicyclic) bond motifs is 1. The molecule has 0 aliphatic heterocycles. The Bertz CT molecular complexity index is 1560. The van der Waals surface area contributed by atoms with E-state index in [9.17, 15) is 24.5 Å². The van der Waals surface area contributed by atoms with Gasteiger partial charge in [0.1, 0.15) is 5.00 Å². The Balaban J connectivity index is 1.71. The molecular formula is C24H17BrN4O6S. The van der Waals surface area contributed by atoms with Crippen LogP contribution >= 0.6 is 27.3 Å². The lowest BCUT2D eigenvalue weighted by Crippen LogP contribution is -2.25. The molecule has 0 fully saturated rings. The number of aromatic nitrogens is 2. The number of carbonyl (C=O) groups excluding carboxylic acids is 2. The number of halogens is 1. The van der Waals surface area contributed by atoms with Gasteiger partial charge >= 0.3 is 5.97 Å². The molecule has 0 radical (unpaired) electrons. The van der Waals surface area contributed by atoms with Crippen LogP contribution in [0.5, 0.6) is 0 Å². The minimum absolute atomic E-state index is 0.0486. The molecule has 1 amide bonds. The lowest BCUT2D eigenvalue weighted by Gasteiger charge is -2.09. The van der Waals surface area contributed by atoms with E-state index in [1.54, 1.807) is 36.6 Å². The van der Waals surface area contributed by atoms with Crippen molar-refractivity contribution in [1.29, 1.82) is 0 Å². The minimum Gasteiger partial charge on any atom is -0.461 e. The van der Waals surface area contributed by atoms with Crippen LogP contribution in [-0.2, 0) is 9.53 Å². The highest BCUT2D eigenvalue weighted by molar-refractivity contribution is 9.10. The van der Waals surface area contributed by atoms with Gasteiger partial charge in [-0.25, -0.2) is 4.79 Å². The van der Waals surface area contributed by atoms with Gasteiger partial charge in [-0.1, -0.05) is 15.9 Å². The third-order valence-corrected chi connectivity index (χ3v) is 6.38. The molecule has 12 heteroatoms. The molecule has 0 aliphatic rings. The summed E-state index contributed by atoms with van der Waals surface area (Å²) in [6.07, 6.45) is 2.73. The fraction of sp³-hybridized carbons (Fsp3) is 0.0833. The number of rotatable bonds is 7. The van der Waals surface area contributed by atoms with Crippen LogP contribution < -0.4 is 10.9 Å². The summed E-state index contributed by atoms with van der Waals surface area (Å²) in [4.78, 5) is 48.9. The maximum Gasteiger partial charge on any atom is 0.359 e. The highest BCUT2D eigenvalue weighted by Crippen LogP contribution is 2.31. The minimum atomic E-state index is -0.692. The number of nitrogens with zero attached hydrogens (tertiary/aromatic N) is 3. The molecule has 4 rings (SSSR count). The highest BCUT2D eigenvalue weighted by Gasteiger charge is 2.23. The lowest BCUT2D eigenvalue weighted by molar-refractivity contribution is -0.384. The van der Waals surface area contributed by atoms with Crippen LogP contribution in [0.2, 0.25) is 0 Å². The first-order valence-electron chi connectivity index (χ1n) is 10.5. The maximum absolute atomic E-state index is 13.4. The van der Waals surface area contributed by atoms with Gasteiger partial charge in [-0.15, -0.1) is 11.3 Å². The summed E-state index contributed by atoms with van der Waals surface area (Å²) in [5.74, 6) is -1.22. The molecule has 0 aliphatic carbocycles. The Morgan fingerprint density at radius 3 is 2.53 bits per heavy atom. The number of carbonyl (C=O) groups is 2. The SMILES string of the molecule is CCOC(=O)c1nn(-c2ccc(Br)cc2)c(=O)c2c(NC(=O)/C=C/c3ccc([N+](=O)[O-])cc3)scc12. The predicted octanol–water partition coefficient (Wildman–Crippen LogP) is 4.95. The molecule has 36 heavy (non-hydrogen) atoms. The summed E-state index contributed by atoms with van der Waals surface area (Å²) >= 11 is 4.42. The topological polar surface area (TPSA) is 133 Å². The Morgan fingerprint density at radius 2 is 1.89 bits per heavy atom. The molecule has 2 aromatic heterocycles. The van der Waals surface area contributed by atoms with Crippen molar-refractivity contribution in [2.45, 2.75) is 6.92 Å². The van der Waals surface area contributed by atoms with E-state index in [-0.39, 0.29) is 33.8 Å². The number of thiophene rings is 1. The van der Waals surface area contributed by atoms with Crippen LogP contribution in [0.15, 0.2) is 69.3 Å². The summed E-state index contributed by atoms with van der Waals surface area (Å²) in [7, 11) is 0. The number of benzene rings is 2. The summed E-state index contributed by atoms with van der Waals surface area (Å²) in [5, 5.41) is 19.9. The number of nitro benzene ring substituents is 1. The number of esters is 1. The van der Waals surface area contributed by atoms with Crippen molar-refractivity contribution in [3.63, 3.8) is 0 Å². The number of hydrogen-bond donors (Lipinski definition) is 1. The van der Waals surface area contributed by atoms with E-state index in [4.69, 9.17) is 4.74 Å². The lowest BCUT2D eigenvalue weighted by atomic mass is 10.2. The fourth-order valence-corrected chi connectivity index (χ4v) is 4.49. The summed E-state index contributed by atoms with van der Waals surface area (Å²) < 4.78 is 7.02. The molecule has 0 unspecified atom stereocenters. The zero-order chi connectivity index (χ0) is 25.8. The first-order valence-corrected chi connectivity index (χ1v) is 12.2. The number of hydrogen-bond acceptors (Lipinski definition) is 8. The normalized spacial score (nSPS) is 11.1. The Hall–Kier alpha value is -4.16. The van der Waals surface area contributed by atoms with Crippen LogP contribution in [0.3, 0.4) is 0 Å². The molecule has 0 bridgehead atoms. The zero-order valence-corrected chi connectivity index (χ0v) is 21.0. The van der Waals surface area contributed by atoms with Gasteiger partial charge < -0.3 is 10.1 Å². The molecular weight excluding hydrogens is 552 g/mol. The number of non-ortho nitro benzene ring substituents is 1. The molecule has 0 saturated heterocycles. The van der Waals surface area contributed by atoms with Gasteiger partial charge in [-0.3, -0.25) is 19.7 Å². The maximum atomic E-state index is 13.4. The van der Waals surface area contributed by atoms with E-state index < -0.39 is 22.4 Å². The summed E-state index contributed by atoms with van der Waals surface area (Å²) in [6.45, 7) is 1.79. The van der Waals surface area contributed by atoms with Crippen molar-refractivity contribution in [3.8, 4) is 5.69 Å². The van der Waals surface area contributed by atoms with Gasteiger partial charge in [0.05, 0.1) is 22.6 Å². The van der Waals surface area contributed by atoms with Crippen molar-refractivity contribution >= 4 is 66.7 Å². The monoisotopic (exact) mass is 568 g/mol. The van der Waals surface area contributed by atoms with Gasteiger partial charge in [0.25, 0.3) is 11.2 Å². The number of amides is 1. The molecule has 0 spiro atoms. The molecule has 10 nitrogen and oxygen atoms in total. The Kier molecular flexibility index (Phi) is 7.36. The summed E-state index contributed by atoms with van der Waals surface area (Å²) in [6, 6.07) is 12.5. The molecule has 2 aromatic carbocycles. The summed E-state index contributed by atoms with van der Waals surface area (Å²) in [5.41, 5.74) is 0.383. The van der Waals surface area contributed by atoms with Crippen LogP contribution in [0.4, 0.5) is 10.7 Å². The van der Waals surface area contributed by atoms with Crippen molar-refractivity contribution in [1.82, 2.24) is 9.78 Å². The molecule has 2 heterocycles. The largest absolute Gasteiger partial charge is 0.461 e. The van der Waals surface area contributed by atoms with Crippen LogP contribution in [0, 0.1) is 10.1 Å². The Morgan fingerprint density at radius 1 is 1.19 bits per heavy atom. The first kappa shape index (κ1) is 24.9. The molecule has 0 saturated carbocycles. The third-order valence-electron chi connectivity index (χ3n) is 4.96. The van der Waals surface area contributed by atoms with E-state index in [1.165, 1.54) is 36.4 Å². The van der Waals surface area contributed by atoms with Crippen molar-refractivity contribution in [3.05, 3.63) is 96.2 Å². The van der Waals surface area contributed by atoms with Gasteiger partial charge in [0.15, 0.2) is 5.69 Å². The smallest absolute Gasteiger partial charge is 0.359 e. The average Bonchev–Trinajstić information content (AvgIpc) is 3.28. The van der Waals surface area contributed by atoms with Crippen LogP contribution in [-0.4, -0.2) is 33.2 Å². The quantitative estimate of drug-likeness (QED) is 0.144. The second kappa shape index (κ2) is 10.6. The number of nitrogens with one attached hydrogen (secondary N) is 1. The second-order valence-corrected chi connectivity index (χ2v) is 9.08. The van der Waals surface area contributed by atoms with Crippen molar-refractivity contribution in [2.24, 2.45) is 0 Å². The van der Waals surface area contributed by atoms with E-state index in [0.29, 0.717) is 11.3 Å². The molecule has 4 aromatic rings. The van der Waals surface area contributed by atoms with E-state index in [2.05, 4.69) is 26.3 Å². The molecule has 182 valence electrons. The average molecular weight is 569 g/mol. The van der Waals surface area contributed by atoms with Crippen LogP contribution in [0.1, 0.15) is 23.0 Å². The predicted molar refractivity (Wildman–Crippen MR) is 140 cm³/mol. The molecule has 0 atom stereocenters. The van der Waals surface area contributed by atoms with Crippen LogP contribution in [0.25, 0.3) is 22.5 Å². The van der Waals surface area contributed by atoms with Gasteiger partial charge in [-0.05, 0) is 55.0 Å². The third kappa shape index (κ3) is 5.24. The van der Waals surface area contributed by atoms with Gasteiger partial charge in [0.2, 0.25) is 5.91 Å². The highest BCUT2D eigenvalue weighted by atomic mass is 79.9. The van der Waals surface area contributed by atoms with Gasteiger partial charge in [-0.2, -0.15) is 9.78 Å².